The number of aryl methyl sites for hydroxylation is 2. The fourth-order valence-corrected chi connectivity index (χ4v) is 4.03. The van der Waals surface area contributed by atoms with E-state index in [2.05, 4.69) is 60.4 Å². The van der Waals surface area contributed by atoms with E-state index in [1.54, 1.807) is 6.20 Å². The zero-order valence-electron chi connectivity index (χ0n) is 18.2. The second-order valence-electron chi connectivity index (χ2n) is 8.68. The zero-order chi connectivity index (χ0) is 21.3. The van der Waals surface area contributed by atoms with Gasteiger partial charge in [-0.05, 0) is 44.2 Å². The van der Waals surface area contributed by atoms with Crippen molar-refractivity contribution in [3.8, 4) is 0 Å². The number of amides is 1. The number of ether oxygens (including phenoxy) is 1. The second-order valence-corrected chi connectivity index (χ2v) is 8.68. The fourth-order valence-electron chi connectivity index (χ4n) is 4.03. The predicted octanol–water partition coefficient (Wildman–Crippen LogP) is 4.03. The number of hydrogen-bond acceptors (Lipinski definition) is 4. The van der Waals surface area contributed by atoms with Crippen molar-refractivity contribution in [1.29, 1.82) is 0 Å². The molecule has 2 aromatic heterocycles. The highest BCUT2D eigenvalue weighted by Gasteiger charge is 2.27. The first kappa shape index (κ1) is 20.5. The van der Waals surface area contributed by atoms with E-state index in [1.165, 1.54) is 5.56 Å². The first-order valence-electron chi connectivity index (χ1n) is 10.7. The predicted molar refractivity (Wildman–Crippen MR) is 118 cm³/mol. The molecule has 3 aromatic rings. The van der Waals surface area contributed by atoms with E-state index in [-0.39, 0.29) is 18.1 Å². The molecule has 6 heteroatoms. The number of pyridine rings is 1. The number of rotatable bonds is 5. The van der Waals surface area contributed by atoms with Gasteiger partial charge in [-0.15, -0.1) is 0 Å². The molecule has 1 aliphatic heterocycles. The average molecular weight is 407 g/mol. The number of aromatic nitrogens is 3. The van der Waals surface area contributed by atoms with E-state index < -0.39 is 0 Å². The lowest BCUT2D eigenvalue weighted by Gasteiger charge is -2.32. The minimum absolute atomic E-state index is 0.0604. The summed E-state index contributed by atoms with van der Waals surface area (Å²) in [7, 11) is 0. The van der Waals surface area contributed by atoms with E-state index in [0.29, 0.717) is 24.6 Å². The summed E-state index contributed by atoms with van der Waals surface area (Å²) in [6.07, 6.45) is 3.64. The van der Waals surface area contributed by atoms with Crippen LogP contribution in [0, 0.1) is 19.8 Å². The van der Waals surface area contributed by atoms with Gasteiger partial charge < -0.3 is 10.1 Å². The summed E-state index contributed by atoms with van der Waals surface area (Å²) in [6.45, 7) is 9.62. The third-order valence-corrected chi connectivity index (χ3v) is 5.83. The van der Waals surface area contributed by atoms with Crippen LogP contribution in [-0.2, 0) is 11.3 Å². The number of benzene rings is 1. The number of carbonyl (C=O) groups excluding carboxylic acids is 1. The summed E-state index contributed by atoms with van der Waals surface area (Å²) >= 11 is 0. The Morgan fingerprint density at radius 1 is 1.27 bits per heavy atom. The second kappa shape index (κ2) is 8.56. The zero-order valence-corrected chi connectivity index (χ0v) is 18.2. The van der Waals surface area contributed by atoms with Gasteiger partial charge in [0.05, 0.1) is 29.8 Å². The quantitative estimate of drug-likeness (QED) is 0.695. The Labute approximate surface area is 177 Å². The molecule has 4 rings (SSSR count). The molecule has 1 aromatic carbocycles. The minimum atomic E-state index is -0.0604. The van der Waals surface area contributed by atoms with Crippen molar-refractivity contribution in [2.24, 2.45) is 5.92 Å². The molecule has 158 valence electrons. The standard InChI is InChI=1S/C24H30N4O2/c1-15(2)22-12-19(9-10-30-22)27-24(29)20-11-17(4)26-23-21(20)13-25-28(23)14-18-7-5-16(3)6-8-18/h5-8,11,13,15,19,22H,9-10,12,14H2,1-4H3,(H,27,29)/t19-,22-/m0/s1. The maximum Gasteiger partial charge on any atom is 0.252 e. The summed E-state index contributed by atoms with van der Waals surface area (Å²) in [4.78, 5) is 17.8. The van der Waals surface area contributed by atoms with Crippen LogP contribution in [0.1, 0.15) is 53.9 Å². The van der Waals surface area contributed by atoms with Crippen LogP contribution in [0.2, 0.25) is 0 Å². The third kappa shape index (κ3) is 4.38. The fraction of sp³-hybridized carbons (Fsp3) is 0.458. The van der Waals surface area contributed by atoms with Gasteiger partial charge in [-0.1, -0.05) is 43.7 Å². The molecule has 1 saturated heterocycles. The van der Waals surface area contributed by atoms with Gasteiger partial charge in [0.25, 0.3) is 5.91 Å². The Kier molecular flexibility index (Phi) is 5.86. The third-order valence-electron chi connectivity index (χ3n) is 5.83. The van der Waals surface area contributed by atoms with Crippen LogP contribution < -0.4 is 5.32 Å². The molecule has 30 heavy (non-hydrogen) atoms. The Morgan fingerprint density at radius 3 is 2.77 bits per heavy atom. The van der Waals surface area contributed by atoms with E-state index in [1.807, 2.05) is 17.7 Å². The van der Waals surface area contributed by atoms with Crippen molar-refractivity contribution in [3.63, 3.8) is 0 Å². The molecular formula is C24H30N4O2. The molecule has 3 heterocycles. The summed E-state index contributed by atoms with van der Waals surface area (Å²) in [5.41, 5.74) is 4.57. The number of fused-ring (bicyclic) bond motifs is 1. The Bertz CT molecular complexity index is 1040. The molecule has 0 radical (unpaired) electrons. The van der Waals surface area contributed by atoms with Gasteiger partial charge in [-0.3, -0.25) is 4.79 Å². The molecule has 0 spiro atoms. The van der Waals surface area contributed by atoms with Crippen molar-refractivity contribution >= 4 is 16.9 Å². The van der Waals surface area contributed by atoms with Crippen LogP contribution in [0.5, 0.6) is 0 Å². The van der Waals surface area contributed by atoms with Crippen LogP contribution in [0.15, 0.2) is 36.5 Å². The van der Waals surface area contributed by atoms with E-state index in [0.717, 1.165) is 35.1 Å². The van der Waals surface area contributed by atoms with Crippen molar-refractivity contribution < 1.29 is 9.53 Å². The van der Waals surface area contributed by atoms with Crippen molar-refractivity contribution in [2.45, 2.75) is 59.2 Å². The average Bonchev–Trinajstić information content (AvgIpc) is 3.11. The number of carbonyl (C=O) groups is 1. The highest BCUT2D eigenvalue weighted by Crippen LogP contribution is 2.23. The molecule has 0 bridgehead atoms. The van der Waals surface area contributed by atoms with E-state index in [4.69, 9.17) is 4.74 Å². The molecule has 0 aliphatic carbocycles. The van der Waals surface area contributed by atoms with Gasteiger partial charge in [0.1, 0.15) is 0 Å². The van der Waals surface area contributed by atoms with Crippen LogP contribution in [-0.4, -0.2) is 39.4 Å². The van der Waals surface area contributed by atoms with Crippen LogP contribution in [0.25, 0.3) is 11.0 Å². The Balaban J connectivity index is 1.57. The van der Waals surface area contributed by atoms with Crippen LogP contribution in [0.4, 0.5) is 0 Å². The van der Waals surface area contributed by atoms with Crippen LogP contribution >= 0.6 is 0 Å². The first-order valence-corrected chi connectivity index (χ1v) is 10.7. The van der Waals surface area contributed by atoms with Gasteiger partial charge in [0.15, 0.2) is 5.65 Å². The maximum absolute atomic E-state index is 13.1. The van der Waals surface area contributed by atoms with Gasteiger partial charge in [-0.2, -0.15) is 5.10 Å². The molecule has 1 amide bonds. The molecular weight excluding hydrogens is 376 g/mol. The summed E-state index contributed by atoms with van der Waals surface area (Å²) < 4.78 is 7.71. The van der Waals surface area contributed by atoms with E-state index >= 15 is 0 Å². The molecule has 0 unspecified atom stereocenters. The van der Waals surface area contributed by atoms with Crippen molar-refractivity contribution in [2.75, 3.05) is 6.61 Å². The monoisotopic (exact) mass is 406 g/mol. The molecule has 6 nitrogen and oxygen atoms in total. The lowest BCUT2D eigenvalue weighted by atomic mass is 9.95. The molecule has 1 aliphatic rings. The van der Waals surface area contributed by atoms with Gasteiger partial charge in [-0.25, -0.2) is 9.67 Å². The SMILES string of the molecule is Cc1ccc(Cn2ncc3c(C(=O)N[C@H]4CCO[C@H](C(C)C)C4)cc(C)nc32)cc1. The van der Waals surface area contributed by atoms with E-state index in [9.17, 15) is 4.79 Å². The lowest BCUT2D eigenvalue weighted by Crippen LogP contribution is -2.43. The topological polar surface area (TPSA) is 69.0 Å². The number of hydrogen-bond donors (Lipinski definition) is 1. The minimum Gasteiger partial charge on any atom is -0.378 e. The Morgan fingerprint density at radius 2 is 2.03 bits per heavy atom. The molecule has 2 atom stereocenters. The largest absolute Gasteiger partial charge is 0.378 e. The molecule has 0 saturated carbocycles. The summed E-state index contributed by atoms with van der Waals surface area (Å²) in [5, 5.41) is 8.54. The Hall–Kier alpha value is -2.73. The van der Waals surface area contributed by atoms with Gasteiger partial charge >= 0.3 is 0 Å². The maximum atomic E-state index is 13.1. The summed E-state index contributed by atoms with van der Waals surface area (Å²) in [6, 6.07) is 10.4. The van der Waals surface area contributed by atoms with Crippen LogP contribution in [0.3, 0.4) is 0 Å². The molecule has 1 fully saturated rings. The number of nitrogens with one attached hydrogen (secondary N) is 1. The van der Waals surface area contributed by atoms with Crippen molar-refractivity contribution in [3.05, 3.63) is 58.9 Å². The van der Waals surface area contributed by atoms with Gasteiger partial charge in [0, 0.05) is 18.3 Å². The molecule has 1 N–H and O–H groups in total. The lowest BCUT2D eigenvalue weighted by molar-refractivity contribution is -0.0233. The highest BCUT2D eigenvalue weighted by atomic mass is 16.5. The highest BCUT2D eigenvalue weighted by molar-refractivity contribution is 6.05. The normalized spacial score (nSPS) is 19.4. The number of nitrogens with zero attached hydrogens (tertiary/aromatic N) is 3. The van der Waals surface area contributed by atoms with Crippen molar-refractivity contribution in [1.82, 2.24) is 20.1 Å². The summed E-state index contributed by atoms with van der Waals surface area (Å²) in [5.74, 6) is 0.384. The smallest absolute Gasteiger partial charge is 0.252 e. The van der Waals surface area contributed by atoms with Gasteiger partial charge in [0.2, 0.25) is 0 Å². The first-order chi connectivity index (χ1) is 14.4.